The van der Waals surface area contributed by atoms with Crippen LogP contribution in [0.2, 0.25) is 0 Å². The number of aliphatic hydroxyl groups excluding tert-OH is 1. The molecular weight excluding hydrogens is 202 g/mol. The normalized spacial score (nSPS) is 11.4. The fourth-order valence-electron chi connectivity index (χ4n) is 0.808. The van der Waals surface area contributed by atoms with Gasteiger partial charge >= 0.3 is 5.97 Å². The summed E-state index contributed by atoms with van der Waals surface area (Å²) in [7, 11) is 0. The van der Waals surface area contributed by atoms with Crippen LogP contribution < -0.4 is 0 Å². The summed E-state index contributed by atoms with van der Waals surface area (Å²) in [5.74, 6) is -0.451. The third-order valence-electron chi connectivity index (χ3n) is 1.30. The summed E-state index contributed by atoms with van der Waals surface area (Å²) in [5.41, 5.74) is -0.256. The van der Waals surface area contributed by atoms with Crippen molar-refractivity contribution in [3.63, 3.8) is 0 Å². The SMILES string of the molecule is CC(C)(C)OC(=O)c1csc(CO)n1. The number of aliphatic hydroxyl groups is 1. The maximum atomic E-state index is 11.4. The van der Waals surface area contributed by atoms with Gasteiger partial charge in [-0.1, -0.05) is 0 Å². The maximum absolute atomic E-state index is 11.4. The van der Waals surface area contributed by atoms with Crippen LogP contribution in [-0.4, -0.2) is 21.7 Å². The summed E-state index contributed by atoms with van der Waals surface area (Å²) in [6.45, 7) is 5.24. The lowest BCUT2D eigenvalue weighted by molar-refractivity contribution is 0.00634. The Morgan fingerprint density at radius 1 is 1.64 bits per heavy atom. The molecule has 1 aromatic heterocycles. The Balaban J connectivity index is 2.70. The molecule has 0 saturated carbocycles. The van der Waals surface area contributed by atoms with E-state index in [4.69, 9.17) is 9.84 Å². The molecule has 0 aromatic carbocycles. The van der Waals surface area contributed by atoms with Crippen molar-refractivity contribution in [2.75, 3.05) is 0 Å². The van der Waals surface area contributed by atoms with Crippen LogP contribution in [-0.2, 0) is 11.3 Å². The first-order chi connectivity index (χ1) is 6.42. The summed E-state index contributed by atoms with van der Waals surface area (Å²) in [5, 5.41) is 10.9. The van der Waals surface area contributed by atoms with E-state index in [2.05, 4.69) is 4.98 Å². The lowest BCUT2D eigenvalue weighted by Crippen LogP contribution is -2.24. The number of ether oxygens (including phenoxy) is 1. The third kappa shape index (κ3) is 3.08. The van der Waals surface area contributed by atoms with Gasteiger partial charge < -0.3 is 9.84 Å². The van der Waals surface area contributed by atoms with E-state index in [0.29, 0.717) is 5.01 Å². The lowest BCUT2D eigenvalue weighted by atomic mass is 10.2. The fraction of sp³-hybridized carbons (Fsp3) is 0.556. The Kier molecular flexibility index (Phi) is 3.23. The van der Waals surface area contributed by atoms with E-state index in [-0.39, 0.29) is 12.3 Å². The molecule has 0 saturated heterocycles. The standard InChI is InChI=1S/C9H13NO3S/c1-9(2,3)13-8(12)6-5-14-7(4-11)10-6/h5,11H,4H2,1-3H3. The number of hydrogen-bond donors (Lipinski definition) is 1. The first kappa shape index (κ1) is 11.1. The highest BCUT2D eigenvalue weighted by Crippen LogP contribution is 2.14. The second-order valence-electron chi connectivity index (χ2n) is 3.79. The van der Waals surface area contributed by atoms with Gasteiger partial charge in [0.2, 0.25) is 0 Å². The monoisotopic (exact) mass is 215 g/mol. The largest absolute Gasteiger partial charge is 0.455 e. The van der Waals surface area contributed by atoms with Crippen LogP contribution in [0.3, 0.4) is 0 Å². The first-order valence-corrected chi connectivity index (χ1v) is 5.09. The zero-order valence-electron chi connectivity index (χ0n) is 8.40. The van der Waals surface area contributed by atoms with Gasteiger partial charge in [-0.2, -0.15) is 0 Å². The van der Waals surface area contributed by atoms with Gasteiger partial charge in [0.1, 0.15) is 10.6 Å². The van der Waals surface area contributed by atoms with Gasteiger partial charge in [0.25, 0.3) is 0 Å². The van der Waals surface area contributed by atoms with Gasteiger partial charge in [0, 0.05) is 5.38 Å². The van der Waals surface area contributed by atoms with E-state index in [1.807, 2.05) is 0 Å². The van der Waals surface area contributed by atoms with Crippen LogP contribution in [0.25, 0.3) is 0 Å². The number of esters is 1. The average molecular weight is 215 g/mol. The predicted molar refractivity (Wildman–Crippen MR) is 53.2 cm³/mol. The lowest BCUT2D eigenvalue weighted by Gasteiger charge is -2.18. The van der Waals surface area contributed by atoms with Gasteiger partial charge in [-0.15, -0.1) is 11.3 Å². The van der Waals surface area contributed by atoms with E-state index in [9.17, 15) is 4.79 Å². The molecule has 0 aliphatic carbocycles. The molecule has 4 nitrogen and oxygen atoms in total. The van der Waals surface area contributed by atoms with E-state index in [1.54, 1.807) is 26.2 Å². The molecule has 1 rings (SSSR count). The minimum atomic E-state index is -0.514. The number of hydrogen-bond acceptors (Lipinski definition) is 5. The molecule has 0 aliphatic heterocycles. The minimum Gasteiger partial charge on any atom is -0.455 e. The van der Waals surface area contributed by atoms with Gasteiger partial charge in [-0.3, -0.25) is 0 Å². The van der Waals surface area contributed by atoms with Crippen molar-refractivity contribution in [1.82, 2.24) is 4.98 Å². The second-order valence-corrected chi connectivity index (χ2v) is 4.73. The molecule has 0 unspecified atom stereocenters. The number of nitrogens with zero attached hydrogens (tertiary/aromatic N) is 1. The Morgan fingerprint density at radius 3 is 2.71 bits per heavy atom. The van der Waals surface area contributed by atoms with Crippen LogP contribution in [0.15, 0.2) is 5.38 Å². The molecule has 0 radical (unpaired) electrons. The van der Waals surface area contributed by atoms with Crippen molar-refractivity contribution in [1.29, 1.82) is 0 Å². The van der Waals surface area contributed by atoms with Gasteiger partial charge in [-0.25, -0.2) is 9.78 Å². The van der Waals surface area contributed by atoms with Gasteiger partial charge in [-0.05, 0) is 20.8 Å². The molecule has 0 amide bonds. The van der Waals surface area contributed by atoms with Gasteiger partial charge in [0.15, 0.2) is 5.69 Å². The van der Waals surface area contributed by atoms with Crippen LogP contribution in [0.4, 0.5) is 0 Å². The van der Waals surface area contributed by atoms with Crippen molar-refractivity contribution >= 4 is 17.3 Å². The highest BCUT2D eigenvalue weighted by atomic mass is 32.1. The third-order valence-corrected chi connectivity index (χ3v) is 2.13. The summed E-state index contributed by atoms with van der Waals surface area (Å²) in [6, 6.07) is 0. The summed E-state index contributed by atoms with van der Waals surface area (Å²) < 4.78 is 5.11. The molecule has 5 heteroatoms. The predicted octanol–water partition coefficient (Wildman–Crippen LogP) is 1.59. The molecule has 1 N–H and O–H groups in total. The maximum Gasteiger partial charge on any atom is 0.358 e. The minimum absolute atomic E-state index is 0.145. The molecular formula is C9H13NO3S. The van der Waals surface area contributed by atoms with Crippen molar-refractivity contribution in [2.45, 2.75) is 33.0 Å². The molecule has 0 fully saturated rings. The Bertz CT molecular complexity index is 327. The topological polar surface area (TPSA) is 59.4 Å². The number of thiazole rings is 1. The highest BCUT2D eigenvalue weighted by molar-refractivity contribution is 7.09. The molecule has 0 aliphatic rings. The fourth-order valence-corrected chi connectivity index (χ4v) is 1.43. The number of aromatic nitrogens is 1. The Labute approximate surface area is 86.6 Å². The Hall–Kier alpha value is -0.940. The van der Waals surface area contributed by atoms with Crippen LogP contribution in [0.5, 0.6) is 0 Å². The van der Waals surface area contributed by atoms with E-state index >= 15 is 0 Å². The van der Waals surface area contributed by atoms with E-state index < -0.39 is 11.6 Å². The van der Waals surface area contributed by atoms with Crippen molar-refractivity contribution in [3.05, 3.63) is 16.1 Å². The number of rotatable bonds is 2. The van der Waals surface area contributed by atoms with Crippen LogP contribution in [0, 0.1) is 0 Å². The number of carbonyl (C=O) groups excluding carboxylic acids is 1. The van der Waals surface area contributed by atoms with Crippen LogP contribution >= 0.6 is 11.3 Å². The van der Waals surface area contributed by atoms with E-state index in [1.165, 1.54) is 11.3 Å². The zero-order valence-corrected chi connectivity index (χ0v) is 9.22. The van der Waals surface area contributed by atoms with Crippen molar-refractivity contribution < 1.29 is 14.6 Å². The molecule has 14 heavy (non-hydrogen) atoms. The van der Waals surface area contributed by atoms with Crippen molar-refractivity contribution in [3.8, 4) is 0 Å². The van der Waals surface area contributed by atoms with E-state index in [0.717, 1.165) is 0 Å². The first-order valence-electron chi connectivity index (χ1n) is 4.21. The average Bonchev–Trinajstić information content (AvgIpc) is 2.48. The molecule has 1 heterocycles. The molecule has 0 spiro atoms. The molecule has 0 atom stereocenters. The summed E-state index contributed by atoms with van der Waals surface area (Å²) >= 11 is 1.24. The molecule has 1 aromatic rings. The van der Waals surface area contributed by atoms with Crippen molar-refractivity contribution in [2.24, 2.45) is 0 Å². The zero-order chi connectivity index (χ0) is 10.8. The quantitative estimate of drug-likeness (QED) is 0.761. The van der Waals surface area contributed by atoms with Gasteiger partial charge in [0.05, 0.1) is 6.61 Å². The smallest absolute Gasteiger partial charge is 0.358 e. The Morgan fingerprint density at radius 2 is 2.29 bits per heavy atom. The van der Waals surface area contributed by atoms with Crippen LogP contribution in [0.1, 0.15) is 36.3 Å². The molecule has 78 valence electrons. The molecule has 0 bridgehead atoms. The highest BCUT2D eigenvalue weighted by Gasteiger charge is 2.19. The second kappa shape index (κ2) is 4.06. The summed E-state index contributed by atoms with van der Waals surface area (Å²) in [6.07, 6.45) is 0. The number of carbonyl (C=O) groups is 1. The summed E-state index contributed by atoms with van der Waals surface area (Å²) in [4.78, 5) is 15.3.